The first-order chi connectivity index (χ1) is 16.2. The van der Waals surface area contributed by atoms with Crippen LogP contribution >= 0.6 is 0 Å². The number of Topliss-reactive ketones (excluding diaryl/α,β-unsaturated/α-hetero) is 1. The van der Waals surface area contributed by atoms with E-state index in [1.807, 2.05) is 0 Å². The summed E-state index contributed by atoms with van der Waals surface area (Å²) in [5.41, 5.74) is 0.639. The number of ether oxygens (including phenoxy) is 3. The zero-order valence-electron chi connectivity index (χ0n) is 16.6. The number of hydrogen-bond acceptors (Lipinski definition) is 5. The largest absolute Gasteiger partial charge is 0.476 e. The fourth-order valence-electron chi connectivity index (χ4n) is 2.94. The van der Waals surface area contributed by atoms with E-state index < -0.39 is 59.0 Å². The van der Waals surface area contributed by atoms with Gasteiger partial charge in [-0.15, -0.1) is 0 Å². The Morgan fingerprint density at radius 1 is 0.853 bits per heavy atom. The highest BCUT2D eigenvalue weighted by atomic mass is 19.2. The van der Waals surface area contributed by atoms with E-state index in [0.717, 1.165) is 0 Å². The van der Waals surface area contributed by atoms with Gasteiger partial charge in [0.15, 0.2) is 18.1 Å². The maximum Gasteiger partial charge on any atom is 0.349 e. The maximum atomic E-state index is 13.6. The Hall–Kier alpha value is -4.28. The second-order valence-electron chi connectivity index (χ2n) is 6.81. The summed E-state index contributed by atoms with van der Waals surface area (Å²) in [5, 5.41) is 0. The number of halogens is 6. The van der Waals surface area contributed by atoms with Crippen molar-refractivity contribution in [1.29, 1.82) is 0 Å². The van der Waals surface area contributed by atoms with Gasteiger partial charge in [-0.1, -0.05) is 12.1 Å². The Balaban J connectivity index is 1.45. The summed E-state index contributed by atoms with van der Waals surface area (Å²) in [6, 6.07) is 8.94. The van der Waals surface area contributed by atoms with Crippen LogP contribution < -0.4 is 14.2 Å². The Bertz CT molecular complexity index is 1320. The van der Waals surface area contributed by atoms with E-state index in [4.69, 9.17) is 9.47 Å². The van der Waals surface area contributed by atoms with Crippen molar-refractivity contribution in [1.82, 2.24) is 0 Å². The molecule has 174 valence electrons. The van der Waals surface area contributed by atoms with Crippen LogP contribution in [0.2, 0.25) is 0 Å². The van der Waals surface area contributed by atoms with E-state index >= 15 is 0 Å². The summed E-state index contributed by atoms with van der Waals surface area (Å²) in [6.45, 7) is -1.19. The molecular formula is C23H10F6O5. The first-order valence-corrected chi connectivity index (χ1v) is 9.34. The molecule has 0 saturated carbocycles. The lowest BCUT2D eigenvalue weighted by Crippen LogP contribution is -2.19. The van der Waals surface area contributed by atoms with E-state index in [0.29, 0.717) is 5.56 Å². The summed E-state index contributed by atoms with van der Waals surface area (Å²) in [4.78, 5) is 24.4. The highest BCUT2D eigenvalue weighted by Crippen LogP contribution is 2.35. The number of esters is 1. The number of fused-ring (bicyclic) bond motifs is 1. The molecule has 34 heavy (non-hydrogen) atoms. The maximum absolute atomic E-state index is 13.6. The summed E-state index contributed by atoms with van der Waals surface area (Å²) >= 11 is 0. The van der Waals surface area contributed by atoms with Crippen LogP contribution in [-0.2, 0) is 4.79 Å². The second kappa shape index (κ2) is 8.93. The molecule has 0 bridgehead atoms. The van der Waals surface area contributed by atoms with Gasteiger partial charge in [0.25, 0.3) is 0 Å². The summed E-state index contributed by atoms with van der Waals surface area (Å²) < 4.78 is 94.5. The minimum atomic E-state index is -2.37. The summed E-state index contributed by atoms with van der Waals surface area (Å²) in [6.07, 6.45) is 1.38. The number of carbonyl (C=O) groups excluding carboxylic acids is 2. The molecule has 0 spiro atoms. The molecule has 0 unspecified atom stereocenters. The molecule has 5 nitrogen and oxygen atoms in total. The topological polar surface area (TPSA) is 61.8 Å². The van der Waals surface area contributed by atoms with Gasteiger partial charge in [-0.3, -0.25) is 4.79 Å². The molecular weight excluding hydrogens is 470 g/mol. The lowest BCUT2D eigenvalue weighted by molar-refractivity contribution is -0.136. The molecule has 1 aliphatic heterocycles. The third-order valence-electron chi connectivity index (χ3n) is 4.54. The Morgan fingerprint density at radius 2 is 1.47 bits per heavy atom. The lowest BCUT2D eigenvalue weighted by atomic mass is 10.1. The average molecular weight is 480 g/mol. The van der Waals surface area contributed by atoms with Crippen molar-refractivity contribution < 1.29 is 50.1 Å². The molecule has 1 heterocycles. The molecule has 3 aromatic carbocycles. The highest BCUT2D eigenvalue weighted by Gasteiger charge is 2.29. The van der Waals surface area contributed by atoms with Gasteiger partial charge in [0.1, 0.15) is 17.3 Å². The van der Waals surface area contributed by atoms with Crippen LogP contribution in [0.3, 0.4) is 0 Å². The minimum absolute atomic E-state index is 0.0318. The fraction of sp³-hybridized carbons (Fsp3) is 0.0435. The summed E-state index contributed by atoms with van der Waals surface area (Å²) in [7, 11) is 0. The van der Waals surface area contributed by atoms with Crippen molar-refractivity contribution in [3.8, 4) is 17.2 Å². The lowest BCUT2D eigenvalue weighted by Gasteiger charge is -2.10. The normalized spacial score (nSPS) is 13.6. The van der Waals surface area contributed by atoms with Gasteiger partial charge in [-0.25, -0.2) is 22.4 Å². The predicted octanol–water partition coefficient (Wildman–Crippen LogP) is 5.12. The smallest absolute Gasteiger partial charge is 0.349 e. The average Bonchev–Trinajstić information content (AvgIpc) is 3.12. The van der Waals surface area contributed by atoms with E-state index in [2.05, 4.69) is 4.74 Å². The zero-order valence-corrected chi connectivity index (χ0v) is 16.6. The van der Waals surface area contributed by atoms with Crippen molar-refractivity contribution in [2.45, 2.75) is 0 Å². The Labute approximate surface area is 186 Å². The van der Waals surface area contributed by atoms with Gasteiger partial charge in [-0.05, 0) is 35.9 Å². The minimum Gasteiger partial charge on any atom is -0.476 e. The fourth-order valence-corrected chi connectivity index (χ4v) is 2.94. The van der Waals surface area contributed by atoms with E-state index in [1.165, 1.54) is 48.5 Å². The van der Waals surface area contributed by atoms with E-state index in [1.54, 1.807) is 0 Å². The molecule has 1 aliphatic rings. The number of ketones is 1. The van der Waals surface area contributed by atoms with Crippen LogP contribution in [0, 0.1) is 34.9 Å². The van der Waals surface area contributed by atoms with Gasteiger partial charge in [0.05, 0.1) is 5.56 Å². The highest BCUT2D eigenvalue weighted by molar-refractivity contribution is 6.14. The summed E-state index contributed by atoms with van der Waals surface area (Å²) in [5.74, 6) is -15.3. The number of rotatable bonds is 5. The monoisotopic (exact) mass is 480 g/mol. The molecule has 0 aromatic heterocycles. The number of allylic oxidation sites excluding steroid dienone is 1. The Morgan fingerprint density at radius 3 is 2.12 bits per heavy atom. The molecule has 0 saturated heterocycles. The van der Waals surface area contributed by atoms with Crippen molar-refractivity contribution in [2.24, 2.45) is 0 Å². The van der Waals surface area contributed by atoms with Crippen LogP contribution in [0.25, 0.3) is 6.08 Å². The predicted molar refractivity (Wildman–Crippen MR) is 103 cm³/mol. The molecule has 11 heteroatoms. The van der Waals surface area contributed by atoms with Gasteiger partial charge < -0.3 is 14.2 Å². The Kier molecular flexibility index (Phi) is 6.01. The number of benzene rings is 3. The molecule has 0 aliphatic carbocycles. The molecule has 3 aromatic rings. The molecule has 0 N–H and O–H groups in total. The molecule has 0 atom stereocenters. The van der Waals surface area contributed by atoms with Crippen molar-refractivity contribution in [3.63, 3.8) is 0 Å². The van der Waals surface area contributed by atoms with Crippen molar-refractivity contribution in [2.75, 3.05) is 6.61 Å². The first-order valence-electron chi connectivity index (χ1n) is 9.34. The van der Waals surface area contributed by atoms with Crippen LogP contribution in [0.15, 0.2) is 48.2 Å². The van der Waals surface area contributed by atoms with Gasteiger partial charge in [-0.2, -0.15) is 8.78 Å². The third kappa shape index (κ3) is 4.32. The standard InChI is InChI=1S/C23H10F6O5/c24-11-3-1-10(2-4-11)7-15-22(31)13-6-5-12(8-14(13)34-15)33-16(30)9-32-23-20(28)18(26)17(25)19(27)21(23)29/h1-8H,9H2/b15-7-. The van der Waals surface area contributed by atoms with Crippen LogP contribution in [0.1, 0.15) is 15.9 Å². The SMILES string of the molecule is O=C(COc1c(F)c(F)c(F)c(F)c1F)Oc1ccc2c(c1)O/C(=C\c1ccc(F)cc1)C2=O. The molecule has 0 amide bonds. The number of hydrogen-bond donors (Lipinski definition) is 0. The molecule has 0 radical (unpaired) electrons. The van der Waals surface area contributed by atoms with E-state index in [-0.39, 0.29) is 22.8 Å². The van der Waals surface area contributed by atoms with E-state index in [9.17, 15) is 35.9 Å². The van der Waals surface area contributed by atoms with Crippen LogP contribution in [0.4, 0.5) is 26.3 Å². The van der Waals surface area contributed by atoms with Gasteiger partial charge >= 0.3 is 5.97 Å². The molecule has 4 rings (SSSR count). The third-order valence-corrected chi connectivity index (χ3v) is 4.54. The van der Waals surface area contributed by atoms with Crippen molar-refractivity contribution in [3.05, 3.63) is 94.3 Å². The van der Waals surface area contributed by atoms with Crippen molar-refractivity contribution >= 4 is 17.8 Å². The molecule has 0 fully saturated rings. The number of carbonyl (C=O) groups is 2. The van der Waals surface area contributed by atoms with Gasteiger partial charge in [0, 0.05) is 6.07 Å². The second-order valence-corrected chi connectivity index (χ2v) is 6.81. The quantitative estimate of drug-likeness (QED) is 0.127. The first kappa shape index (κ1) is 22.9. The van der Waals surface area contributed by atoms with Crippen LogP contribution in [-0.4, -0.2) is 18.4 Å². The van der Waals surface area contributed by atoms with Gasteiger partial charge in [0.2, 0.25) is 34.9 Å². The van der Waals surface area contributed by atoms with Crippen LogP contribution in [0.5, 0.6) is 17.2 Å². The zero-order chi connectivity index (χ0) is 24.6.